The number of phosphoric ester groups is 2. The van der Waals surface area contributed by atoms with Crippen LogP contribution in [0.3, 0.4) is 0 Å². The molecule has 10 atom stereocenters. The monoisotopic (exact) mass is 691 g/mol. The Morgan fingerprint density at radius 3 is 2.16 bits per heavy atom. The topological polar surface area (TPSA) is 318 Å². The maximum Gasteiger partial charge on any atom is 2.00 e. The number of allylic oxidation sites excluding steroid dienone is 1. The van der Waals surface area contributed by atoms with Gasteiger partial charge < -0.3 is 58.9 Å². The second kappa shape index (κ2) is 13.9. The van der Waals surface area contributed by atoms with Crippen LogP contribution in [-0.2, 0) is 36.8 Å². The largest absolute Gasteiger partial charge is 2.00 e. The normalized spacial score (nSPS) is 32.6. The smallest absolute Gasteiger partial charge is 1.00 e. The average Bonchev–Trinajstić information content (AvgIpc) is 3.61. The van der Waals surface area contributed by atoms with Crippen LogP contribution in [0, 0.1) is 0 Å². The fraction of sp³-hybridized carbons (Fsp3) is 0.524. The molecule has 0 bridgehead atoms. The number of carbonyl (C=O) groups is 1. The number of rotatable bonds is 11. The van der Waals surface area contributed by atoms with Crippen LogP contribution in [0.5, 0.6) is 0 Å². The fourth-order valence-electron chi connectivity index (χ4n) is 4.68. The molecule has 10 N–H and O–H groups in total. The minimum Gasteiger partial charge on any atom is -1.00 e. The van der Waals surface area contributed by atoms with Crippen LogP contribution < -0.4 is 11.5 Å². The first-order valence-corrected chi connectivity index (χ1v) is 15.7. The van der Waals surface area contributed by atoms with E-state index in [1.807, 2.05) is 0 Å². The van der Waals surface area contributed by atoms with Crippen molar-refractivity contribution < 1.29 is 69.8 Å². The first-order valence-electron chi connectivity index (χ1n) is 12.7. The number of amides is 1. The third kappa shape index (κ3) is 7.72. The van der Waals surface area contributed by atoms with E-state index in [4.69, 9.17) is 30.0 Å². The summed E-state index contributed by atoms with van der Waals surface area (Å²) >= 11 is 0. The Kier molecular flexibility index (Phi) is 11.1. The summed E-state index contributed by atoms with van der Waals surface area (Å²) in [5, 5.41) is 41.6. The third-order valence-corrected chi connectivity index (χ3v) is 9.48. The Labute approximate surface area is 272 Å². The molecule has 21 nitrogen and oxygen atoms in total. The number of anilines is 1. The summed E-state index contributed by atoms with van der Waals surface area (Å²) in [4.78, 5) is 44.6. The summed E-state index contributed by atoms with van der Waals surface area (Å²) < 4.78 is 50.8. The van der Waals surface area contributed by atoms with Gasteiger partial charge in [0.2, 0.25) is 5.91 Å². The SMILES string of the molecule is NC(=O)C1=CN([C@@H]2O[C@H](COP(=O)(O)OP(=O)(O)OC[C@H]3O[C@@H](n4cnc5c(N)ncnc54)[C@H](O)[C@@H]3O)[C@@H](O)[C@H]2O)C=CC1.[H-].[H-].[Mg+2]. The third-order valence-electron chi connectivity index (χ3n) is 6.88. The molecule has 45 heavy (non-hydrogen) atoms. The van der Waals surface area contributed by atoms with E-state index in [1.54, 1.807) is 6.08 Å². The molecule has 0 aromatic carbocycles. The number of primary amides is 1. The molecule has 3 aliphatic heterocycles. The van der Waals surface area contributed by atoms with E-state index >= 15 is 0 Å². The number of phosphoric acid groups is 2. The van der Waals surface area contributed by atoms with Crippen LogP contribution in [0.15, 0.2) is 36.7 Å². The van der Waals surface area contributed by atoms with Gasteiger partial charge in [-0.3, -0.25) is 18.4 Å². The molecule has 0 saturated carbocycles. The van der Waals surface area contributed by atoms with Gasteiger partial charge in [-0.2, -0.15) is 4.31 Å². The number of hydrogen-bond acceptors (Lipinski definition) is 17. The van der Waals surface area contributed by atoms with Gasteiger partial charge in [0.05, 0.1) is 19.5 Å². The van der Waals surface area contributed by atoms with Crippen molar-refractivity contribution in [2.24, 2.45) is 5.73 Å². The van der Waals surface area contributed by atoms with Crippen molar-refractivity contribution in [1.82, 2.24) is 24.4 Å². The average molecular weight is 692 g/mol. The molecule has 24 heteroatoms. The number of aliphatic hydroxyl groups is 4. The van der Waals surface area contributed by atoms with Crippen LogP contribution in [-0.4, -0.2) is 140 Å². The molecule has 0 radical (unpaired) electrons. The molecule has 2 saturated heterocycles. The molecule has 3 aliphatic rings. The zero-order valence-electron chi connectivity index (χ0n) is 25.1. The molecule has 2 aromatic rings. The maximum absolute atomic E-state index is 12.4. The minimum absolute atomic E-state index is 0. The number of imidazole rings is 1. The van der Waals surface area contributed by atoms with Gasteiger partial charge in [-0.25, -0.2) is 24.1 Å². The number of nitrogens with two attached hydrogens (primary N) is 2. The van der Waals surface area contributed by atoms with Crippen LogP contribution in [0.2, 0.25) is 0 Å². The zero-order chi connectivity index (χ0) is 32.0. The van der Waals surface area contributed by atoms with Crippen molar-refractivity contribution >= 4 is 61.6 Å². The van der Waals surface area contributed by atoms with E-state index in [0.717, 1.165) is 6.33 Å². The fourth-order valence-corrected chi connectivity index (χ4v) is 6.77. The summed E-state index contributed by atoms with van der Waals surface area (Å²) in [6.45, 7) is -1.79. The number of nitrogen functional groups attached to an aromatic ring is 1. The molecule has 0 spiro atoms. The number of carbonyl (C=O) groups excluding carboxylic acids is 1. The molecular formula is C21H31MgN7O14P2. The summed E-state index contributed by atoms with van der Waals surface area (Å²) in [5.74, 6) is -0.658. The summed E-state index contributed by atoms with van der Waals surface area (Å²) in [6, 6.07) is 0. The molecule has 0 aliphatic carbocycles. The van der Waals surface area contributed by atoms with Gasteiger partial charge in [-0.15, -0.1) is 0 Å². The number of aliphatic hydroxyl groups excluding tert-OH is 4. The van der Waals surface area contributed by atoms with E-state index in [0.29, 0.717) is 0 Å². The standard InChI is InChI=1S/C21H29N7O14P2.Mg.2H/c22-17-12-19(25-7-24-17)28(8-26-12)21-16(32)14(30)11(41-21)6-39-44(36,37)42-43(34,35)38-5-10-13(29)15(31)20(40-10)27-3-1-2-9(4-27)18(23)33;;;/h1,3-4,7-8,10-11,13-16,20-21,29-32H,2,5-6H2,(H2,23,33)(H,34,35)(H,36,37)(H2,22,24,25);;;/q;+2;2*-1/t10-,11-,13-,14-,15-,16-,20-,21-;;;/m1.../s1. The number of ether oxygens (including phenoxy) is 2. The van der Waals surface area contributed by atoms with Gasteiger partial charge in [0, 0.05) is 18.0 Å². The first kappa shape index (κ1) is 35.7. The number of fused-ring (bicyclic) bond motifs is 1. The quantitative estimate of drug-likeness (QED) is 0.0868. The van der Waals surface area contributed by atoms with Crippen molar-refractivity contribution in [1.29, 1.82) is 0 Å². The van der Waals surface area contributed by atoms with E-state index < -0.39 is 83.8 Å². The minimum atomic E-state index is -5.37. The number of nitrogens with zero attached hydrogens (tertiary/aromatic N) is 5. The van der Waals surface area contributed by atoms with Crippen LogP contribution in [0.25, 0.3) is 11.2 Å². The van der Waals surface area contributed by atoms with Crippen LogP contribution in [0.1, 0.15) is 15.5 Å². The molecule has 5 rings (SSSR count). The molecule has 1 amide bonds. The van der Waals surface area contributed by atoms with E-state index in [9.17, 15) is 44.1 Å². The van der Waals surface area contributed by atoms with Crippen LogP contribution in [0.4, 0.5) is 5.82 Å². The summed E-state index contributed by atoms with van der Waals surface area (Å²) in [5.41, 5.74) is 11.6. The van der Waals surface area contributed by atoms with Crippen molar-refractivity contribution in [2.75, 3.05) is 18.9 Å². The van der Waals surface area contributed by atoms with Gasteiger partial charge in [0.1, 0.15) is 48.5 Å². The summed E-state index contributed by atoms with van der Waals surface area (Å²) in [7, 11) is -10.7. The van der Waals surface area contributed by atoms with Gasteiger partial charge in [0.25, 0.3) is 0 Å². The molecule has 2 unspecified atom stereocenters. The van der Waals surface area contributed by atoms with Crippen molar-refractivity contribution in [3.05, 3.63) is 36.7 Å². The second-order valence-electron chi connectivity index (χ2n) is 9.84. The van der Waals surface area contributed by atoms with Crippen LogP contribution >= 0.6 is 15.6 Å². The van der Waals surface area contributed by atoms with Gasteiger partial charge in [-0.05, 0) is 6.42 Å². The van der Waals surface area contributed by atoms with Gasteiger partial charge >= 0.3 is 38.7 Å². The Bertz CT molecular complexity index is 1570. The zero-order valence-corrected chi connectivity index (χ0v) is 26.3. The predicted octanol–water partition coefficient (Wildman–Crippen LogP) is -2.84. The van der Waals surface area contributed by atoms with Crippen molar-refractivity contribution in [2.45, 2.75) is 55.5 Å². The Hall–Kier alpha value is -2.11. The molecule has 2 fully saturated rings. The predicted molar refractivity (Wildman–Crippen MR) is 150 cm³/mol. The van der Waals surface area contributed by atoms with Crippen molar-refractivity contribution in [3.63, 3.8) is 0 Å². The molecule has 5 heterocycles. The maximum atomic E-state index is 12.4. The Balaban J connectivity index is 0.00000256. The van der Waals surface area contributed by atoms with Gasteiger partial charge in [-0.1, -0.05) is 6.08 Å². The van der Waals surface area contributed by atoms with Crippen molar-refractivity contribution in [3.8, 4) is 0 Å². The Morgan fingerprint density at radius 2 is 1.56 bits per heavy atom. The van der Waals surface area contributed by atoms with E-state index in [2.05, 4.69) is 19.3 Å². The second-order valence-corrected chi connectivity index (χ2v) is 12.9. The number of hydrogen-bond donors (Lipinski definition) is 8. The Morgan fingerprint density at radius 1 is 0.978 bits per heavy atom. The summed E-state index contributed by atoms with van der Waals surface area (Å²) in [6.07, 6.45) is -4.88. The van der Waals surface area contributed by atoms with E-state index in [1.165, 1.54) is 28.2 Å². The first-order chi connectivity index (χ1) is 20.7. The molecular weight excluding hydrogens is 661 g/mol. The van der Waals surface area contributed by atoms with Gasteiger partial charge in [0.15, 0.2) is 23.9 Å². The molecule has 246 valence electrons. The van der Waals surface area contributed by atoms with E-state index in [-0.39, 0.29) is 54.9 Å². The number of aromatic nitrogens is 4. The molecule has 2 aromatic heterocycles.